The molecule has 0 amide bonds. The van der Waals surface area contributed by atoms with Gasteiger partial charge in [0.25, 0.3) is 0 Å². The van der Waals surface area contributed by atoms with Crippen molar-refractivity contribution < 1.29 is 0 Å². The van der Waals surface area contributed by atoms with E-state index in [1.807, 2.05) is 0 Å². The third kappa shape index (κ3) is 1.62. The Morgan fingerprint density at radius 2 is 1.38 bits per heavy atom. The monoisotopic (exact) mass is 272 g/mol. The topological polar surface area (TPSA) is 0 Å². The van der Waals surface area contributed by atoms with Crippen LogP contribution in [0.3, 0.4) is 0 Å². The lowest BCUT2D eigenvalue weighted by Crippen LogP contribution is -2.00. The van der Waals surface area contributed by atoms with Crippen LogP contribution < -0.4 is 0 Å². The molecule has 0 fully saturated rings. The van der Waals surface area contributed by atoms with E-state index in [2.05, 4.69) is 75.4 Å². The van der Waals surface area contributed by atoms with Gasteiger partial charge in [0.1, 0.15) is 0 Å². The van der Waals surface area contributed by atoms with Crippen LogP contribution >= 0.6 is 0 Å². The van der Waals surface area contributed by atoms with Crippen LogP contribution in [0.15, 0.2) is 65.7 Å². The third-order valence-electron chi connectivity index (χ3n) is 5.25. The quantitative estimate of drug-likeness (QED) is 0.626. The van der Waals surface area contributed by atoms with Crippen LogP contribution in [-0.2, 0) is 0 Å². The van der Waals surface area contributed by atoms with Crippen molar-refractivity contribution in [2.24, 2.45) is 5.92 Å². The second-order valence-corrected chi connectivity index (χ2v) is 6.28. The van der Waals surface area contributed by atoms with Gasteiger partial charge in [0.05, 0.1) is 0 Å². The van der Waals surface area contributed by atoms with Crippen molar-refractivity contribution in [3.05, 3.63) is 82.4 Å². The average molecular weight is 272 g/mol. The Kier molecular flexibility index (Phi) is 2.68. The molecule has 0 saturated heterocycles. The van der Waals surface area contributed by atoms with E-state index in [4.69, 9.17) is 0 Å². The van der Waals surface area contributed by atoms with Crippen LogP contribution in [0, 0.1) is 5.92 Å². The lowest BCUT2D eigenvalue weighted by atomic mass is 9.87. The molecule has 104 valence electrons. The molecule has 2 aromatic rings. The molecular weight excluding hydrogens is 252 g/mol. The molecule has 0 aliphatic heterocycles. The van der Waals surface area contributed by atoms with Gasteiger partial charge in [0.15, 0.2) is 0 Å². The van der Waals surface area contributed by atoms with Crippen molar-refractivity contribution in [1.82, 2.24) is 0 Å². The summed E-state index contributed by atoms with van der Waals surface area (Å²) in [5, 5.41) is 0. The van der Waals surface area contributed by atoms with E-state index in [-0.39, 0.29) is 0 Å². The zero-order chi connectivity index (χ0) is 14.6. The number of rotatable bonds is 1. The zero-order valence-electron chi connectivity index (χ0n) is 12.9. The summed E-state index contributed by atoms with van der Waals surface area (Å²) in [6.07, 6.45) is 0. The minimum Gasteiger partial charge on any atom is -0.0622 e. The molecule has 0 aromatic heterocycles. The smallest absolute Gasteiger partial charge is 0.00763 e. The maximum atomic E-state index is 2.36. The van der Waals surface area contributed by atoms with Gasteiger partial charge in [-0.25, -0.2) is 0 Å². The normalized spacial score (nSPS) is 23.6. The van der Waals surface area contributed by atoms with Crippen molar-refractivity contribution >= 4 is 11.1 Å². The van der Waals surface area contributed by atoms with Gasteiger partial charge >= 0.3 is 0 Å². The molecular formula is C21H20. The summed E-state index contributed by atoms with van der Waals surface area (Å²) in [5.41, 5.74) is 10.5. The molecule has 0 bridgehead atoms. The Morgan fingerprint density at radius 1 is 0.714 bits per heavy atom. The van der Waals surface area contributed by atoms with E-state index in [9.17, 15) is 0 Å². The molecule has 0 N–H and O–H groups in total. The van der Waals surface area contributed by atoms with E-state index >= 15 is 0 Å². The van der Waals surface area contributed by atoms with Crippen LogP contribution in [0.5, 0.6) is 0 Å². The summed E-state index contributed by atoms with van der Waals surface area (Å²) in [6, 6.07) is 19.8. The summed E-state index contributed by atoms with van der Waals surface area (Å²) in [6.45, 7) is 7.02. The minimum atomic E-state index is 0.506. The van der Waals surface area contributed by atoms with E-state index in [1.54, 1.807) is 11.1 Å². The Balaban J connectivity index is 1.95. The zero-order valence-corrected chi connectivity index (χ0v) is 12.9. The predicted molar refractivity (Wildman–Crippen MR) is 90.0 cm³/mol. The van der Waals surface area contributed by atoms with Gasteiger partial charge in [0.2, 0.25) is 0 Å². The Bertz CT molecular complexity index is 775. The molecule has 2 aliphatic rings. The van der Waals surface area contributed by atoms with Gasteiger partial charge in [-0.3, -0.25) is 0 Å². The average Bonchev–Trinajstić information content (AvgIpc) is 2.95. The standard InChI is InChI=1S/C21H20/c1-13-14(2)20-18-12-8-7-11-17(18)15(3)21(20)19(13)16-9-5-4-6-10-16/h4-12,14-15H,1-3H3. The summed E-state index contributed by atoms with van der Waals surface area (Å²) in [7, 11) is 0. The molecule has 21 heavy (non-hydrogen) atoms. The second kappa shape index (κ2) is 4.46. The van der Waals surface area contributed by atoms with Gasteiger partial charge in [-0.05, 0) is 40.3 Å². The SMILES string of the molecule is CC1=C(c2ccccc2)C2=C(c3ccccc3C2C)C1C. The first-order chi connectivity index (χ1) is 10.2. The Labute approximate surface area is 126 Å². The summed E-state index contributed by atoms with van der Waals surface area (Å²) in [5.74, 6) is 1.03. The van der Waals surface area contributed by atoms with Gasteiger partial charge in [-0.15, -0.1) is 0 Å². The molecule has 0 heteroatoms. The van der Waals surface area contributed by atoms with Crippen molar-refractivity contribution in [3.63, 3.8) is 0 Å². The fourth-order valence-corrected chi connectivity index (χ4v) is 4.10. The number of fused-ring (bicyclic) bond motifs is 2. The molecule has 0 heterocycles. The van der Waals surface area contributed by atoms with E-state index < -0.39 is 0 Å². The highest BCUT2D eigenvalue weighted by Gasteiger charge is 2.38. The van der Waals surface area contributed by atoms with Crippen LogP contribution in [-0.4, -0.2) is 0 Å². The first-order valence-corrected chi connectivity index (χ1v) is 7.80. The molecule has 0 spiro atoms. The first kappa shape index (κ1) is 12.6. The largest absolute Gasteiger partial charge is 0.0622 e. The van der Waals surface area contributed by atoms with Crippen LogP contribution in [0.25, 0.3) is 11.1 Å². The lowest BCUT2D eigenvalue weighted by molar-refractivity contribution is 0.904. The highest BCUT2D eigenvalue weighted by Crippen LogP contribution is 2.57. The summed E-state index contributed by atoms with van der Waals surface area (Å²) in [4.78, 5) is 0. The van der Waals surface area contributed by atoms with Crippen molar-refractivity contribution in [3.8, 4) is 0 Å². The highest BCUT2D eigenvalue weighted by molar-refractivity contribution is 6.02. The van der Waals surface area contributed by atoms with Crippen molar-refractivity contribution in [2.45, 2.75) is 26.7 Å². The number of hydrogen-bond acceptors (Lipinski definition) is 0. The molecule has 2 unspecified atom stereocenters. The van der Waals surface area contributed by atoms with Crippen molar-refractivity contribution in [2.75, 3.05) is 0 Å². The molecule has 2 aromatic carbocycles. The fourth-order valence-electron chi connectivity index (χ4n) is 4.10. The van der Waals surface area contributed by atoms with E-state index in [0.717, 1.165) is 0 Å². The Hall–Kier alpha value is -2.08. The summed E-state index contributed by atoms with van der Waals surface area (Å²) >= 11 is 0. The van der Waals surface area contributed by atoms with E-state index in [0.29, 0.717) is 11.8 Å². The van der Waals surface area contributed by atoms with Gasteiger partial charge in [0, 0.05) is 11.8 Å². The molecule has 4 rings (SSSR count). The predicted octanol–water partition coefficient (Wildman–Crippen LogP) is 5.68. The van der Waals surface area contributed by atoms with Crippen LogP contribution in [0.4, 0.5) is 0 Å². The maximum absolute atomic E-state index is 2.36. The lowest BCUT2D eigenvalue weighted by Gasteiger charge is -2.17. The summed E-state index contributed by atoms with van der Waals surface area (Å²) < 4.78 is 0. The maximum Gasteiger partial charge on any atom is 0.00763 e. The second-order valence-electron chi connectivity index (χ2n) is 6.28. The van der Waals surface area contributed by atoms with Crippen LogP contribution in [0.2, 0.25) is 0 Å². The van der Waals surface area contributed by atoms with Crippen molar-refractivity contribution in [1.29, 1.82) is 0 Å². The highest BCUT2D eigenvalue weighted by atomic mass is 14.4. The minimum absolute atomic E-state index is 0.506. The van der Waals surface area contributed by atoms with Crippen LogP contribution in [0.1, 0.15) is 43.4 Å². The molecule has 0 radical (unpaired) electrons. The van der Waals surface area contributed by atoms with Gasteiger partial charge < -0.3 is 0 Å². The molecule has 2 aliphatic carbocycles. The van der Waals surface area contributed by atoms with Gasteiger partial charge in [-0.1, -0.05) is 74.0 Å². The molecule has 2 atom stereocenters. The first-order valence-electron chi connectivity index (χ1n) is 7.80. The number of allylic oxidation sites excluding steroid dienone is 4. The Morgan fingerprint density at radius 3 is 2.14 bits per heavy atom. The number of benzene rings is 2. The molecule has 0 saturated carbocycles. The number of hydrogen-bond donors (Lipinski definition) is 0. The van der Waals surface area contributed by atoms with E-state index in [1.165, 1.54) is 27.8 Å². The fraction of sp³-hybridized carbons (Fsp3) is 0.238. The third-order valence-corrected chi connectivity index (χ3v) is 5.25. The van der Waals surface area contributed by atoms with Gasteiger partial charge in [-0.2, -0.15) is 0 Å². The molecule has 0 nitrogen and oxygen atoms in total.